The van der Waals surface area contributed by atoms with Crippen LogP contribution in [0, 0.1) is 6.92 Å². The standard InChI is InChI=1S/C25H26ClN3OS/c1-17-5-11-21(31-29-13-3-2-4-14-29)16-23(17)22-12-10-20(15-24(22)27)28-25(30)18-6-8-19(26)9-7-18/h5-12,15-16H,2-4,13-14,27H2,1H3,(H,28,30). The van der Waals surface area contributed by atoms with Crippen molar-refractivity contribution in [1.82, 2.24) is 4.31 Å². The Hall–Kier alpha value is -2.47. The van der Waals surface area contributed by atoms with Gasteiger partial charge in [0, 0.05) is 45.5 Å². The summed E-state index contributed by atoms with van der Waals surface area (Å²) >= 11 is 7.72. The second-order valence-corrected chi connectivity index (χ2v) is 9.43. The number of amides is 1. The number of halogens is 1. The van der Waals surface area contributed by atoms with E-state index in [1.165, 1.54) is 29.7 Å². The molecule has 31 heavy (non-hydrogen) atoms. The van der Waals surface area contributed by atoms with Crippen LogP contribution in [0.5, 0.6) is 0 Å². The molecular formula is C25H26ClN3OS. The molecule has 1 amide bonds. The topological polar surface area (TPSA) is 58.4 Å². The zero-order valence-corrected chi connectivity index (χ0v) is 19.1. The Bertz CT molecular complexity index is 1080. The van der Waals surface area contributed by atoms with Gasteiger partial charge >= 0.3 is 0 Å². The summed E-state index contributed by atoms with van der Waals surface area (Å²) in [6.45, 7) is 4.37. The minimum absolute atomic E-state index is 0.195. The van der Waals surface area contributed by atoms with Gasteiger partial charge in [-0.1, -0.05) is 30.2 Å². The Labute approximate surface area is 192 Å². The summed E-state index contributed by atoms with van der Waals surface area (Å²) in [6.07, 6.45) is 3.86. The molecule has 6 heteroatoms. The fraction of sp³-hybridized carbons (Fsp3) is 0.240. The molecule has 3 aromatic rings. The maximum Gasteiger partial charge on any atom is 0.255 e. The highest BCUT2D eigenvalue weighted by Crippen LogP contribution is 2.35. The van der Waals surface area contributed by atoms with Gasteiger partial charge in [0.25, 0.3) is 5.91 Å². The molecule has 0 atom stereocenters. The highest BCUT2D eigenvalue weighted by atomic mass is 35.5. The number of rotatable bonds is 5. The minimum atomic E-state index is -0.195. The molecule has 0 radical (unpaired) electrons. The van der Waals surface area contributed by atoms with E-state index in [1.54, 1.807) is 24.3 Å². The number of anilines is 2. The van der Waals surface area contributed by atoms with Crippen LogP contribution >= 0.6 is 23.5 Å². The normalized spacial score (nSPS) is 14.4. The fourth-order valence-electron chi connectivity index (χ4n) is 3.74. The van der Waals surface area contributed by atoms with Gasteiger partial charge in [0.1, 0.15) is 0 Å². The van der Waals surface area contributed by atoms with Crippen LogP contribution in [0.1, 0.15) is 35.2 Å². The second kappa shape index (κ2) is 9.77. The number of hydrogen-bond acceptors (Lipinski definition) is 4. The molecule has 3 N–H and O–H groups in total. The molecule has 4 nitrogen and oxygen atoms in total. The van der Waals surface area contributed by atoms with Crippen molar-refractivity contribution in [2.75, 3.05) is 24.1 Å². The smallest absolute Gasteiger partial charge is 0.255 e. The number of nitrogen functional groups attached to an aromatic ring is 1. The first-order valence-corrected chi connectivity index (χ1v) is 11.6. The third-order valence-corrected chi connectivity index (χ3v) is 6.80. The Morgan fingerprint density at radius 3 is 2.42 bits per heavy atom. The quantitative estimate of drug-likeness (QED) is 0.337. The second-order valence-electron chi connectivity index (χ2n) is 7.82. The summed E-state index contributed by atoms with van der Waals surface area (Å²) in [4.78, 5) is 13.7. The van der Waals surface area contributed by atoms with Crippen LogP contribution in [0.4, 0.5) is 11.4 Å². The molecule has 0 aromatic heterocycles. The molecule has 1 aliphatic rings. The maximum absolute atomic E-state index is 12.5. The van der Waals surface area contributed by atoms with E-state index in [0.717, 1.165) is 24.2 Å². The molecule has 0 spiro atoms. The summed E-state index contributed by atoms with van der Waals surface area (Å²) in [6, 6.07) is 19.0. The van der Waals surface area contributed by atoms with E-state index in [2.05, 4.69) is 34.7 Å². The summed E-state index contributed by atoms with van der Waals surface area (Å²) in [5, 5.41) is 3.50. The number of nitrogens with zero attached hydrogens (tertiary/aromatic N) is 1. The summed E-state index contributed by atoms with van der Waals surface area (Å²) in [7, 11) is 0. The Kier molecular flexibility index (Phi) is 6.86. The van der Waals surface area contributed by atoms with Crippen molar-refractivity contribution in [1.29, 1.82) is 0 Å². The van der Waals surface area contributed by atoms with Crippen molar-refractivity contribution in [3.63, 3.8) is 0 Å². The lowest BCUT2D eigenvalue weighted by Crippen LogP contribution is -2.22. The number of nitrogens with two attached hydrogens (primary N) is 1. The van der Waals surface area contributed by atoms with Gasteiger partial charge in [-0.05, 0) is 91.4 Å². The molecule has 0 bridgehead atoms. The lowest BCUT2D eigenvalue weighted by Gasteiger charge is -2.25. The predicted molar refractivity (Wildman–Crippen MR) is 132 cm³/mol. The van der Waals surface area contributed by atoms with Gasteiger partial charge in [0.2, 0.25) is 0 Å². The molecule has 160 valence electrons. The molecule has 0 aliphatic carbocycles. The van der Waals surface area contributed by atoms with Crippen molar-refractivity contribution in [3.05, 3.63) is 76.8 Å². The number of nitrogens with one attached hydrogen (secondary N) is 1. The van der Waals surface area contributed by atoms with Crippen LogP contribution in [0.3, 0.4) is 0 Å². The van der Waals surface area contributed by atoms with Crippen LogP contribution in [-0.4, -0.2) is 23.3 Å². The molecule has 3 aromatic carbocycles. The van der Waals surface area contributed by atoms with Gasteiger partial charge in [-0.3, -0.25) is 4.79 Å². The first-order valence-electron chi connectivity index (χ1n) is 10.5. The summed E-state index contributed by atoms with van der Waals surface area (Å²) in [5.74, 6) is -0.195. The van der Waals surface area contributed by atoms with E-state index in [-0.39, 0.29) is 5.91 Å². The third kappa shape index (κ3) is 5.42. The SMILES string of the molecule is Cc1ccc(SN2CCCCC2)cc1-c1ccc(NC(=O)c2ccc(Cl)cc2)cc1N. The lowest BCUT2D eigenvalue weighted by molar-refractivity contribution is 0.102. The van der Waals surface area contributed by atoms with Crippen molar-refractivity contribution >= 4 is 40.8 Å². The van der Waals surface area contributed by atoms with Crippen molar-refractivity contribution in [2.24, 2.45) is 0 Å². The van der Waals surface area contributed by atoms with E-state index in [9.17, 15) is 4.79 Å². The van der Waals surface area contributed by atoms with Gasteiger partial charge in [0.05, 0.1) is 0 Å². The third-order valence-electron chi connectivity index (χ3n) is 5.46. The number of piperidine rings is 1. The van der Waals surface area contributed by atoms with Crippen LogP contribution in [0.25, 0.3) is 11.1 Å². The van der Waals surface area contributed by atoms with Gasteiger partial charge < -0.3 is 11.1 Å². The number of aryl methyl sites for hydroxylation is 1. The lowest BCUT2D eigenvalue weighted by atomic mass is 9.99. The van der Waals surface area contributed by atoms with Crippen molar-refractivity contribution in [3.8, 4) is 11.1 Å². The Balaban J connectivity index is 1.52. The van der Waals surface area contributed by atoms with Crippen LogP contribution in [-0.2, 0) is 0 Å². The number of hydrogen-bond donors (Lipinski definition) is 2. The molecular weight excluding hydrogens is 426 g/mol. The summed E-state index contributed by atoms with van der Waals surface area (Å²) < 4.78 is 2.44. The molecule has 1 saturated heterocycles. The molecule has 0 unspecified atom stereocenters. The van der Waals surface area contributed by atoms with Crippen molar-refractivity contribution < 1.29 is 4.79 Å². The zero-order valence-electron chi connectivity index (χ0n) is 17.5. The van der Waals surface area contributed by atoms with E-state index in [0.29, 0.717) is 22.0 Å². The molecule has 1 heterocycles. The number of benzene rings is 3. The molecule has 4 rings (SSSR count). The van der Waals surface area contributed by atoms with Crippen molar-refractivity contribution in [2.45, 2.75) is 31.1 Å². The highest BCUT2D eigenvalue weighted by Gasteiger charge is 2.14. The van der Waals surface area contributed by atoms with Crippen LogP contribution in [0.15, 0.2) is 65.6 Å². The van der Waals surface area contributed by atoms with Gasteiger partial charge in [-0.25, -0.2) is 4.31 Å². The molecule has 0 saturated carbocycles. The molecule has 1 fully saturated rings. The minimum Gasteiger partial charge on any atom is -0.398 e. The Morgan fingerprint density at radius 2 is 1.71 bits per heavy atom. The van der Waals surface area contributed by atoms with E-state index < -0.39 is 0 Å². The average molecular weight is 452 g/mol. The van der Waals surface area contributed by atoms with Gasteiger partial charge in [0.15, 0.2) is 0 Å². The molecule has 1 aliphatic heterocycles. The fourth-order valence-corrected chi connectivity index (χ4v) is 4.91. The van der Waals surface area contributed by atoms with E-state index >= 15 is 0 Å². The average Bonchev–Trinajstić information content (AvgIpc) is 2.77. The first-order chi connectivity index (χ1) is 15.0. The summed E-state index contributed by atoms with van der Waals surface area (Å²) in [5.41, 5.74) is 11.5. The monoisotopic (exact) mass is 451 g/mol. The van der Waals surface area contributed by atoms with Gasteiger partial charge in [-0.15, -0.1) is 0 Å². The number of carbonyl (C=O) groups excluding carboxylic acids is 1. The first kappa shape index (κ1) is 21.8. The number of carbonyl (C=O) groups is 1. The highest BCUT2D eigenvalue weighted by molar-refractivity contribution is 7.97. The van der Waals surface area contributed by atoms with Gasteiger partial charge in [-0.2, -0.15) is 0 Å². The van der Waals surface area contributed by atoms with E-state index in [1.807, 2.05) is 30.1 Å². The van der Waals surface area contributed by atoms with E-state index in [4.69, 9.17) is 17.3 Å². The zero-order chi connectivity index (χ0) is 21.8. The predicted octanol–water partition coefficient (Wildman–Crippen LogP) is 6.64. The van der Waals surface area contributed by atoms with Crippen LogP contribution in [0.2, 0.25) is 5.02 Å². The Morgan fingerprint density at radius 1 is 0.968 bits per heavy atom. The largest absolute Gasteiger partial charge is 0.398 e. The maximum atomic E-state index is 12.5. The van der Waals surface area contributed by atoms with Crippen LogP contribution < -0.4 is 11.1 Å².